The fraction of sp³-hybridized carbons (Fsp3) is 0.216. The van der Waals surface area contributed by atoms with Crippen molar-refractivity contribution < 1.29 is 9.47 Å². The van der Waals surface area contributed by atoms with Crippen LogP contribution in [-0.2, 0) is 13.1 Å². The van der Waals surface area contributed by atoms with Gasteiger partial charge in [-0.15, -0.1) is 0 Å². The van der Waals surface area contributed by atoms with Crippen LogP contribution in [0.2, 0.25) is 0 Å². The quantitative estimate of drug-likeness (QED) is 0.114. The van der Waals surface area contributed by atoms with E-state index < -0.39 is 0 Å². The summed E-state index contributed by atoms with van der Waals surface area (Å²) >= 11 is 3.45. The molecule has 0 fully saturated rings. The summed E-state index contributed by atoms with van der Waals surface area (Å²) in [6, 6.07) is 12.0. The number of anilines is 4. The van der Waals surface area contributed by atoms with Crippen molar-refractivity contribution in [2.75, 3.05) is 10.6 Å². The van der Waals surface area contributed by atoms with Gasteiger partial charge in [0, 0.05) is 30.4 Å². The SMILES string of the molecule is CC(C)Oc1cc2c(cc1Nc1ncnc3n[nH]c(-c4ccncc4)c13)C=NC2.CC(C)Oc1cc2c(cc1Nc1ncnc3n[nH]c(Br)c13)C=NC2. The summed E-state index contributed by atoms with van der Waals surface area (Å²) in [6.07, 6.45) is 10.3. The third-order valence-corrected chi connectivity index (χ3v) is 8.90. The molecule has 7 heterocycles. The first kappa shape index (κ1) is 33.8. The lowest BCUT2D eigenvalue weighted by atomic mass is 10.1. The van der Waals surface area contributed by atoms with Crippen LogP contribution in [0.5, 0.6) is 11.5 Å². The number of ether oxygens (including phenoxy) is 2. The van der Waals surface area contributed by atoms with E-state index in [-0.39, 0.29) is 12.2 Å². The lowest BCUT2D eigenvalue weighted by Crippen LogP contribution is -2.09. The van der Waals surface area contributed by atoms with Gasteiger partial charge in [0.25, 0.3) is 0 Å². The lowest BCUT2D eigenvalue weighted by Gasteiger charge is -2.17. The molecule has 0 spiro atoms. The average Bonchev–Trinajstić information content (AvgIpc) is 3.96. The number of hydrogen-bond acceptors (Lipinski definition) is 13. The molecule has 9 rings (SSSR count). The predicted molar refractivity (Wildman–Crippen MR) is 208 cm³/mol. The van der Waals surface area contributed by atoms with Crippen molar-refractivity contribution >= 4 is 73.4 Å². The summed E-state index contributed by atoms with van der Waals surface area (Å²) in [7, 11) is 0. The molecule has 15 nitrogen and oxygen atoms in total. The zero-order valence-electron chi connectivity index (χ0n) is 29.2. The standard InChI is InChI=1S/C21H19N7O.C16H15BrN6O/c1-12(2)29-17-8-15-10-23-9-14(15)7-16(17)26-20-18-19(13-3-5-22-6-4-13)27-28-21(18)25-11-24-20;1-8(2)24-12-4-10-6-18-5-9(10)3-11(12)21-15-13-14(17)22-23-16(13)20-7-19-15/h3-9,11-12H,10H2,1-2H3,(H2,24,25,26,27,28);3-5,7-8H,6H2,1-2H3,(H2,19,20,21,22,23). The van der Waals surface area contributed by atoms with E-state index in [1.54, 1.807) is 12.4 Å². The van der Waals surface area contributed by atoms with Crippen molar-refractivity contribution in [3.8, 4) is 22.8 Å². The smallest absolute Gasteiger partial charge is 0.187 e. The molecule has 4 N–H and O–H groups in total. The fourth-order valence-electron chi connectivity index (χ4n) is 6.02. The second-order valence-electron chi connectivity index (χ2n) is 12.8. The maximum atomic E-state index is 6.06. The number of fused-ring (bicyclic) bond motifs is 4. The molecular formula is C37H34BrN13O2. The van der Waals surface area contributed by atoms with Gasteiger partial charge in [-0.1, -0.05) is 0 Å². The van der Waals surface area contributed by atoms with Gasteiger partial charge < -0.3 is 20.1 Å². The van der Waals surface area contributed by atoms with E-state index in [9.17, 15) is 0 Å². The van der Waals surface area contributed by atoms with Gasteiger partial charge >= 0.3 is 0 Å². The Hall–Kier alpha value is -6.29. The summed E-state index contributed by atoms with van der Waals surface area (Å²) in [5.41, 5.74) is 9.11. The molecule has 0 radical (unpaired) electrons. The second-order valence-corrected chi connectivity index (χ2v) is 13.6. The number of nitrogens with one attached hydrogen (secondary N) is 4. The fourth-order valence-corrected chi connectivity index (χ4v) is 6.48. The molecule has 0 amide bonds. The highest BCUT2D eigenvalue weighted by Crippen LogP contribution is 2.38. The number of rotatable bonds is 9. The number of aromatic nitrogens is 9. The third-order valence-electron chi connectivity index (χ3n) is 8.32. The van der Waals surface area contributed by atoms with Crippen LogP contribution >= 0.6 is 15.9 Å². The zero-order valence-corrected chi connectivity index (χ0v) is 30.8. The summed E-state index contributed by atoms with van der Waals surface area (Å²) in [5.74, 6) is 2.86. The Bertz CT molecular complexity index is 2510. The number of pyridine rings is 1. The molecule has 7 aromatic rings. The minimum atomic E-state index is 0.0441. The van der Waals surface area contributed by atoms with Crippen LogP contribution in [0.4, 0.5) is 23.0 Å². The van der Waals surface area contributed by atoms with Crippen LogP contribution in [0.1, 0.15) is 49.9 Å². The highest BCUT2D eigenvalue weighted by Gasteiger charge is 2.20. The van der Waals surface area contributed by atoms with Gasteiger partial charge in [0.15, 0.2) is 11.3 Å². The number of nitrogens with zero attached hydrogens (tertiary/aromatic N) is 9. The maximum absolute atomic E-state index is 6.06. The van der Waals surface area contributed by atoms with E-state index in [1.165, 1.54) is 12.7 Å². The van der Waals surface area contributed by atoms with E-state index in [0.717, 1.165) is 71.8 Å². The zero-order chi connectivity index (χ0) is 36.5. The van der Waals surface area contributed by atoms with Gasteiger partial charge in [-0.3, -0.25) is 25.2 Å². The largest absolute Gasteiger partial charge is 0.489 e. The molecule has 2 aliphatic heterocycles. The number of H-pyrrole nitrogens is 2. The third kappa shape index (κ3) is 7.00. The first-order chi connectivity index (χ1) is 25.8. The van der Waals surface area contributed by atoms with Crippen LogP contribution in [0, 0.1) is 0 Å². The Morgan fingerprint density at radius 3 is 1.77 bits per heavy atom. The number of aliphatic imine (C=N–C) groups is 2. The van der Waals surface area contributed by atoms with Crippen LogP contribution in [0.3, 0.4) is 0 Å². The molecule has 53 heavy (non-hydrogen) atoms. The summed E-state index contributed by atoms with van der Waals surface area (Å²) in [6.45, 7) is 9.39. The van der Waals surface area contributed by atoms with Crippen molar-refractivity contribution in [1.29, 1.82) is 0 Å². The van der Waals surface area contributed by atoms with Gasteiger partial charge in [-0.05, 0) is 102 Å². The number of aromatic amines is 2. The molecule has 0 saturated carbocycles. The van der Waals surface area contributed by atoms with Crippen LogP contribution in [-0.4, -0.2) is 70.0 Å². The van der Waals surface area contributed by atoms with E-state index >= 15 is 0 Å². The second kappa shape index (κ2) is 14.4. The summed E-state index contributed by atoms with van der Waals surface area (Å²) in [4.78, 5) is 30.1. The minimum absolute atomic E-state index is 0.0441. The maximum Gasteiger partial charge on any atom is 0.187 e. The van der Waals surface area contributed by atoms with Gasteiger partial charge in [0.1, 0.15) is 40.4 Å². The Balaban J connectivity index is 0.000000154. The van der Waals surface area contributed by atoms with Crippen LogP contribution in [0.15, 0.2) is 76.0 Å². The lowest BCUT2D eigenvalue weighted by molar-refractivity contribution is 0.243. The van der Waals surface area contributed by atoms with Crippen LogP contribution in [0.25, 0.3) is 33.3 Å². The van der Waals surface area contributed by atoms with Crippen molar-refractivity contribution in [1.82, 2.24) is 45.3 Å². The average molecular weight is 773 g/mol. The highest BCUT2D eigenvalue weighted by molar-refractivity contribution is 9.10. The van der Waals surface area contributed by atoms with Crippen molar-refractivity contribution in [2.45, 2.75) is 53.0 Å². The Kier molecular flexibility index (Phi) is 9.18. The molecule has 2 aliphatic rings. The number of halogens is 1. The molecule has 2 aromatic carbocycles. The molecule has 266 valence electrons. The normalized spacial score (nSPS) is 12.7. The highest BCUT2D eigenvalue weighted by atomic mass is 79.9. The minimum Gasteiger partial charge on any atom is -0.489 e. The van der Waals surface area contributed by atoms with E-state index in [1.807, 2.05) is 76.5 Å². The number of benzene rings is 2. The first-order valence-electron chi connectivity index (χ1n) is 17.0. The van der Waals surface area contributed by atoms with Crippen molar-refractivity contribution in [2.24, 2.45) is 9.98 Å². The summed E-state index contributed by atoms with van der Waals surface area (Å²) < 4.78 is 12.8. The monoisotopic (exact) mass is 771 g/mol. The van der Waals surface area contributed by atoms with Gasteiger partial charge in [0.05, 0.1) is 53.1 Å². The predicted octanol–water partition coefficient (Wildman–Crippen LogP) is 7.46. The molecule has 0 unspecified atom stereocenters. The van der Waals surface area contributed by atoms with Gasteiger partial charge in [-0.2, -0.15) is 10.2 Å². The van der Waals surface area contributed by atoms with E-state index in [4.69, 9.17) is 9.47 Å². The van der Waals surface area contributed by atoms with Crippen molar-refractivity contribution in [3.05, 3.63) is 88.3 Å². The first-order valence-corrected chi connectivity index (χ1v) is 17.7. The molecule has 16 heteroatoms. The van der Waals surface area contributed by atoms with E-state index in [2.05, 4.69) is 81.9 Å². The number of hydrogen-bond donors (Lipinski definition) is 4. The van der Waals surface area contributed by atoms with Gasteiger partial charge in [0.2, 0.25) is 0 Å². The molecule has 5 aromatic heterocycles. The van der Waals surface area contributed by atoms with Gasteiger partial charge in [-0.25, -0.2) is 19.9 Å². The molecule has 0 saturated heterocycles. The topological polar surface area (TPSA) is 189 Å². The molecule has 0 atom stereocenters. The van der Waals surface area contributed by atoms with Crippen molar-refractivity contribution in [3.63, 3.8) is 0 Å². The van der Waals surface area contributed by atoms with Crippen LogP contribution < -0.4 is 20.1 Å². The Labute approximate surface area is 312 Å². The van der Waals surface area contributed by atoms with E-state index in [0.29, 0.717) is 36.0 Å². The Morgan fingerprint density at radius 1 is 0.679 bits per heavy atom. The molecule has 0 bridgehead atoms. The molecular weight excluding hydrogens is 738 g/mol. The Morgan fingerprint density at radius 2 is 1.21 bits per heavy atom. The molecule has 0 aliphatic carbocycles. The summed E-state index contributed by atoms with van der Waals surface area (Å²) in [5, 5.41) is 22.8.